The smallest absolute Gasteiger partial charge is 0.191 e. The van der Waals surface area contributed by atoms with Crippen molar-refractivity contribution in [2.75, 3.05) is 20.3 Å². The van der Waals surface area contributed by atoms with Gasteiger partial charge in [0, 0.05) is 37.9 Å². The molecular weight excluding hydrogens is 383 g/mol. The van der Waals surface area contributed by atoms with Crippen LogP contribution < -0.4 is 15.4 Å². The largest absolute Gasteiger partial charge is 0.491 e. The minimum Gasteiger partial charge on any atom is -0.491 e. The number of nitrogens with one attached hydrogen (secondary N) is 2. The van der Waals surface area contributed by atoms with Crippen molar-refractivity contribution in [3.63, 3.8) is 0 Å². The van der Waals surface area contributed by atoms with Crippen molar-refractivity contribution in [3.8, 4) is 11.8 Å². The number of ether oxygens (including phenoxy) is 2. The van der Waals surface area contributed by atoms with Crippen LogP contribution in [-0.4, -0.2) is 32.3 Å². The number of guanidine groups is 1. The van der Waals surface area contributed by atoms with Gasteiger partial charge < -0.3 is 20.1 Å². The molecular formula is C23H27FN4O2. The number of halogens is 1. The summed E-state index contributed by atoms with van der Waals surface area (Å²) in [6.07, 6.45) is 2.27. The second kappa shape index (κ2) is 10.6. The highest BCUT2D eigenvalue weighted by Gasteiger charge is 2.17. The maximum absolute atomic E-state index is 14.1. The molecule has 3 rings (SSSR count). The predicted molar refractivity (Wildman–Crippen MR) is 114 cm³/mol. The molecule has 0 radical (unpaired) electrons. The molecule has 2 N–H and O–H groups in total. The highest BCUT2D eigenvalue weighted by atomic mass is 19.1. The fourth-order valence-corrected chi connectivity index (χ4v) is 3.24. The quantitative estimate of drug-likeness (QED) is 0.540. The van der Waals surface area contributed by atoms with Crippen molar-refractivity contribution >= 4 is 5.96 Å². The molecule has 0 spiro atoms. The van der Waals surface area contributed by atoms with Gasteiger partial charge in [0.25, 0.3) is 0 Å². The third-order valence-electron chi connectivity index (χ3n) is 4.97. The zero-order valence-corrected chi connectivity index (χ0v) is 17.4. The van der Waals surface area contributed by atoms with E-state index in [1.807, 2.05) is 31.2 Å². The van der Waals surface area contributed by atoms with E-state index in [2.05, 4.69) is 15.6 Å². The van der Waals surface area contributed by atoms with E-state index in [0.717, 1.165) is 36.3 Å². The molecule has 0 aromatic heterocycles. The van der Waals surface area contributed by atoms with Crippen LogP contribution in [0, 0.1) is 24.1 Å². The van der Waals surface area contributed by atoms with Gasteiger partial charge in [-0.3, -0.25) is 4.99 Å². The lowest BCUT2D eigenvalue weighted by Gasteiger charge is -2.17. The Labute approximate surface area is 176 Å². The van der Waals surface area contributed by atoms with Crippen molar-refractivity contribution in [1.82, 2.24) is 10.6 Å². The fourth-order valence-electron chi connectivity index (χ4n) is 3.24. The summed E-state index contributed by atoms with van der Waals surface area (Å²) in [4.78, 5) is 4.20. The highest BCUT2D eigenvalue weighted by molar-refractivity contribution is 5.79. The maximum atomic E-state index is 14.1. The SMILES string of the molecule is CN=C(NCc1ccc(C#N)cc1F)NCc1ccc(C)cc1OCC1CCCO1. The van der Waals surface area contributed by atoms with Crippen LogP contribution in [0.2, 0.25) is 0 Å². The molecule has 0 bridgehead atoms. The monoisotopic (exact) mass is 410 g/mol. The molecule has 6 nitrogen and oxygen atoms in total. The Morgan fingerprint density at radius 1 is 1.23 bits per heavy atom. The van der Waals surface area contributed by atoms with Gasteiger partial charge in [-0.25, -0.2) is 4.39 Å². The van der Waals surface area contributed by atoms with Crippen LogP contribution in [0.1, 0.15) is 35.1 Å². The average molecular weight is 410 g/mol. The van der Waals surface area contributed by atoms with Crippen molar-refractivity contribution in [3.05, 3.63) is 64.5 Å². The van der Waals surface area contributed by atoms with Gasteiger partial charge in [-0.2, -0.15) is 5.26 Å². The Morgan fingerprint density at radius 3 is 2.67 bits per heavy atom. The van der Waals surface area contributed by atoms with Crippen LogP contribution in [0.25, 0.3) is 0 Å². The van der Waals surface area contributed by atoms with E-state index in [9.17, 15) is 4.39 Å². The Bertz CT molecular complexity index is 933. The lowest BCUT2D eigenvalue weighted by molar-refractivity contribution is 0.0676. The number of nitriles is 1. The third-order valence-corrected chi connectivity index (χ3v) is 4.97. The number of hydrogen-bond acceptors (Lipinski definition) is 4. The van der Waals surface area contributed by atoms with E-state index in [4.69, 9.17) is 14.7 Å². The van der Waals surface area contributed by atoms with E-state index in [-0.39, 0.29) is 12.6 Å². The van der Waals surface area contributed by atoms with Crippen molar-refractivity contribution in [2.24, 2.45) is 4.99 Å². The Kier molecular flexibility index (Phi) is 7.63. The third kappa shape index (κ3) is 5.94. The van der Waals surface area contributed by atoms with Crippen LogP contribution in [0.3, 0.4) is 0 Å². The normalized spacial score (nSPS) is 16.2. The van der Waals surface area contributed by atoms with E-state index in [0.29, 0.717) is 30.2 Å². The minimum absolute atomic E-state index is 0.156. The summed E-state index contributed by atoms with van der Waals surface area (Å²) >= 11 is 0. The van der Waals surface area contributed by atoms with Gasteiger partial charge in [-0.1, -0.05) is 18.2 Å². The molecule has 1 aliphatic rings. The molecule has 2 aromatic rings. The van der Waals surface area contributed by atoms with Crippen LogP contribution in [-0.2, 0) is 17.8 Å². The Balaban J connectivity index is 1.57. The summed E-state index contributed by atoms with van der Waals surface area (Å²) in [6.45, 7) is 4.15. The zero-order chi connectivity index (χ0) is 21.3. The van der Waals surface area contributed by atoms with Crippen molar-refractivity contribution < 1.29 is 13.9 Å². The van der Waals surface area contributed by atoms with Gasteiger partial charge in [-0.15, -0.1) is 0 Å². The molecule has 1 aliphatic heterocycles. The first-order valence-corrected chi connectivity index (χ1v) is 10.1. The van der Waals surface area contributed by atoms with E-state index in [1.54, 1.807) is 19.2 Å². The van der Waals surface area contributed by atoms with Crippen LogP contribution >= 0.6 is 0 Å². The van der Waals surface area contributed by atoms with Gasteiger partial charge in [0.05, 0.1) is 17.7 Å². The zero-order valence-electron chi connectivity index (χ0n) is 17.4. The highest BCUT2D eigenvalue weighted by Crippen LogP contribution is 2.22. The van der Waals surface area contributed by atoms with Gasteiger partial charge in [0.2, 0.25) is 0 Å². The Morgan fingerprint density at radius 2 is 2.00 bits per heavy atom. The molecule has 7 heteroatoms. The summed E-state index contributed by atoms with van der Waals surface area (Å²) in [7, 11) is 1.66. The van der Waals surface area contributed by atoms with Crippen LogP contribution in [0.4, 0.5) is 4.39 Å². The number of rotatable bonds is 7. The molecule has 1 unspecified atom stereocenters. The van der Waals surface area contributed by atoms with Crippen molar-refractivity contribution in [1.29, 1.82) is 5.26 Å². The van der Waals surface area contributed by atoms with Crippen LogP contribution in [0.5, 0.6) is 5.75 Å². The molecule has 2 aromatic carbocycles. The average Bonchev–Trinajstić information content (AvgIpc) is 3.27. The molecule has 1 saturated heterocycles. The first-order chi connectivity index (χ1) is 14.6. The molecule has 0 amide bonds. The number of benzene rings is 2. The summed E-state index contributed by atoms with van der Waals surface area (Å²) in [6, 6.07) is 12.5. The summed E-state index contributed by atoms with van der Waals surface area (Å²) in [5, 5.41) is 15.2. The van der Waals surface area contributed by atoms with E-state index in [1.165, 1.54) is 6.07 Å². The molecule has 0 aliphatic carbocycles. The lowest BCUT2D eigenvalue weighted by atomic mass is 10.1. The number of aliphatic imine (C=N–C) groups is 1. The molecule has 1 heterocycles. The first kappa shape index (κ1) is 21.6. The van der Waals surface area contributed by atoms with E-state index >= 15 is 0 Å². The minimum atomic E-state index is -0.416. The summed E-state index contributed by atoms with van der Waals surface area (Å²) in [5.41, 5.74) is 2.90. The second-order valence-corrected chi connectivity index (χ2v) is 7.25. The summed E-state index contributed by atoms with van der Waals surface area (Å²) < 4.78 is 25.7. The van der Waals surface area contributed by atoms with Crippen LogP contribution in [0.15, 0.2) is 41.4 Å². The maximum Gasteiger partial charge on any atom is 0.191 e. The molecule has 158 valence electrons. The molecule has 30 heavy (non-hydrogen) atoms. The number of nitrogens with zero attached hydrogens (tertiary/aromatic N) is 2. The first-order valence-electron chi connectivity index (χ1n) is 10.1. The van der Waals surface area contributed by atoms with Gasteiger partial charge in [0.15, 0.2) is 5.96 Å². The fraction of sp³-hybridized carbons (Fsp3) is 0.391. The Hall–Kier alpha value is -3.11. The topological polar surface area (TPSA) is 78.7 Å². The number of hydrogen-bond donors (Lipinski definition) is 2. The standard InChI is InChI=1S/C23H27FN4O2/c1-16-5-7-19(22(10-16)30-15-20-4-3-9-29-20)14-28-23(26-2)27-13-18-8-6-17(12-25)11-21(18)24/h5-8,10-11,20H,3-4,9,13-15H2,1-2H3,(H2,26,27,28). The number of aryl methyl sites for hydroxylation is 1. The molecule has 1 atom stereocenters. The predicted octanol–water partition coefficient (Wildman–Crippen LogP) is 3.43. The van der Waals surface area contributed by atoms with Gasteiger partial charge in [-0.05, 0) is 43.5 Å². The van der Waals surface area contributed by atoms with Gasteiger partial charge in [0.1, 0.15) is 18.2 Å². The molecule has 1 fully saturated rings. The summed E-state index contributed by atoms with van der Waals surface area (Å²) in [5.74, 6) is 0.955. The van der Waals surface area contributed by atoms with E-state index < -0.39 is 5.82 Å². The second-order valence-electron chi connectivity index (χ2n) is 7.25. The van der Waals surface area contributed by atoms with Gasteiger partial charge >= 0.3 is 0 Å². The van der Waals surface area contributed by atoms with Crippen molar-refractivity contribution in [2.45, 2.75) is 39.0 Å². The molecule has 0 saturated carbocycles. The lowest BCUT2D eigenvalue weighted by Crippen LogP contribution is -2.36.